The predicted molar refractivity (Wildman–Crippen MR) is 181 cm³/mol. The quantitative estimate of drug-likeness (QED) is 0.156. The molecule has 0 fully saturated rings. The minimum Gasteiger partial charge on any atom is -0.0622 e. The fourth-order valence-electron chi connectivity index (χ4n) is 6.61. The summed E-state index contributed by atoms with van der Waals surface area (Å²) in [6, 6.07) is 61.9. The van der Waals surface area contributed by atoms with Crippen LogP contribution < -0.4 is 0 Å². The Morgan fingerprint density at radius 2 is 0.548 bits per heavy atom. The Morgan fingerprint density at radius 3 is 0.881 bits per heavy atom. The Labute approximate surface area is 245 Å². The van der Waals surface area contributed by atoms with Gasteiger partial charge in [0.25, 0.3) is 0 Å². The number of benzene rings is 8. The van der Waals surface area contributed by atoms with E-state index < -0.39 is 0 Å². The van der Waals surface area contributed by atoms with Crippen molar-refractivity contribution < 1.29 is 0 Å². The number of fused-ring (bicyclic) bond motifs is 4. The van der Waals surface area contributed by atoms with E-state index in [1.807, 2.05) is 0 Å². The summed E-state index contributed by atoms with van der Waals surface area (Å²) in [6.07, 6.45) is 0. The van der Waals surface area contributed by atoms with Crippen molar-refractivity contribution in [3.63, 3.8) is 0 Å². The molecule has 8 aromatic rings. The van der Waals surface area contributed by atoms with Crippen LogP contribution in [0.15, 0.2) is 170 Å². The van der Waals surface area contributed by atoms with Gasteiger partial charge in [-0.1, -0.05) is 158 Å². The van der Waals surface area contributed by atoms with Gasteiger partial charge in [0.1, 0.15) is 0 Å². The van der Waals surface area contributed by atoms with Crippen molar-refractivity contribution >= 4 is 54.2 Å². The van der Waals surface area contributed by atoms with Gasteiger partial charge in [-0.25, -0.2) is 0 Å². The van der Waals surface area contributed by atoms with E-state index in [0.29, 0.717) is 0 Å². The van der Waals surface area contributed by atoms with Crippen LogP contribution in [0, 0.1) is 0 Å². The van der Waals surface area contributed by atoms with Crippen molar-refractivity contribution in [2.45, 2.75) is 0 Å². The fourth-order valence-corrected chi connectivity index (χ4v) is 6.61. The van der Waals surface area contributed by atoms with E-state index in [4.69, 9.17) is 0 Å². The highest BCUT2D eigenvalue weighted by molar-refractivity contribution is 6.24. The van der Waals surface area contributed by atoms with E-state index >= 15 is 0 Å². The third-order valence-corrected chi connectivity index (χ3v) is 8.42. The number of rotatable bonds is 4. The summed E-state index contributed by atoms with van der Waals surface area (Å²) < 4.78 is 0. The Morgan fingerprint density at radius 1 is 0.262 bits per heavy atom. The highest BCUT2D eigenvalue weighted by Crippen LogP contribution is 2.47. The van der Waals surface area contributed by atoms with E-state index in [1.54, 1.807) is 0 Å². The van der Waals surface area contributed by atoms with Crippen LogP contribution in [-0.4, -0.2) is 0 Å². The molecule has 0 heteroatoms. The maximum atomic E-state index is 2.33. The summed E-state index contributed by atoms with van der Waals surface area (Å²) in [7, 11) is 0. The first-order valence-corrected chi connectivity index (χ1v) is 14.5. The maximum Gasteiger partial charge on any atom is -0.000184 e. The molecular weight excluding hydrogens is 504 g/mol. The minimum absolute atomic E-state index is 1.20. The predicted octanol–water partition coefficient (Wildman–Crippen LogP) is 11.3. The molecule has 8 rings (SSSR count). The van der Waals surface area contributed by atoms with Crippen molar-refractivity contribution in [2.24, 2.45) is 0 Å². The van der Waals surface area contributed by atoms with Gasteiger partial charge in [0.05, 0.1) is 0 Å². The van der Waals surface area contributed by atoms with Crippen molar-refractivity contribution in [1.82, 2.24) is 0 Å². The summed E-state index contributed by atoms with van der Waals surface area (Å²) in [6.45, 7) is 0. The van der Waals surface area contributed by atoms with Gasteiger partial charge in [0, 0.05) is 0 Å². The van der Waals surface area contributed by atoms with Gasteiger partial charge in [-0.05, 0) is 88.6 Å². The number of hydrogen-bond acceptors (Lipinski definition) is 0. The zero-order chi connectivity index (χ0) is 27.9. The molecule has 0 aliphatic heterocycles. The van der Waals surface area contributed by atoms with Crippen LogP contribution in [0.4, 0.5) is 0 Å². The summed E-state index contributed by atoms with van der Waals surface area (Å²) >= 11 is 0. The Bertz CT molecular complexity index is 2000. The topological polar surface area (TPSA) is 0 Å². The fraction of sp³-hybridized carbons (Fsp3) is 0. The van der Waals surface area contributed by atoms with Crippen LogP contribution in [0.2, 0.25) is 0 Å². The normalized spacial score (nSPS) is 11.3. The molecule has 0 saturated carbocycles. The van der Waals surface area contributed by atoms with Crippen LogP contribution >= 0.6 is 0 Å². The molecular formula is C42H28. The summed E-state index contributed by atoms with van der Waals surface area (Å²) in [5, 5.41) is 10.0. The second-order valence-electron chi connectivity index (χ2n) is 10.9. The van der Waals surface area contributed by atoms with Crippen LogP contribution in [0.1, 0.15) is 22.3 Å². The van der Waals surface area contributed by atoms with E-state index in [2.05, 4.69) is 170 Å². The van der Waals surface area contributed by atoms with Gasteiger partial charge < -0.3 is 0 Å². The lowest BCUT2D eigenvalue weighted by Crippen LogP contribution is -2.01. The van der Waals surface area contributed by atoms with E-state index in [9.17, 15) is 0 Å². The molecule has 0 spiro atoms. The summed E-state index contributed by atoms with van der Waals surface area (Å²) in [5.74, 6) is 0. The first-order chi connectivity index (χ1) is 20.9. The van der Waals surface area contributed by atoms with Gasteiger partial charge in [0.2, 0.25) is 0 Å². The van der Waals surface area contributed by atoms with Crippen LogP contribution in [0.5, 0.6) is 0 Å². The van der Waals surface area contributed by atoms with Gasteiger partial charge in [0.15, 0.2) is 0 Å². The third kappa shape index (κ3) is 4.00. The van der Waals surface area contributed by atoms with Crippen molar-refractivity contribution in [1.29, 1.82) is 0 Å². The molecule has 8 aromatic carbocycles. The molecule has 0 saturated heterocycles. The molecule has 0 atom stereocenters. The average molecular weight is 533 g/mol. The largest absolute Gasteiger partial charge is 0.0622 e. The Balaban J connectivity index is 1.71. The summed E-state index contributed by atoms with van der Waals surface area (Å²) in [4.78, 5) is 0. The van der Waals surface area contributed by atoms with Gasteiger partial charge in [-0.3, -0.25) is 0 Å². The summed E-state index contributed by atoms with van der Waals surface area (Å²) in [5.41, 5.74) is 7.44. The monoisotopic (exact) mass is 532 g/mol. The molecule has 0 radical (unpaired) electrons. The lowest BCUT2D eigenvalue weighted by Gasteiger charge is -2.24. The second-order valence-corrected chi connectivity index (χ2v) is 10.9. The van der Waals surface area contributed by atoms with Crippen molar-refractivity contribution in [3.05, 3.63) is 192 Å². The molecule has 0 nitrogen and oxygen atoms in total. The number of hydrogen-bond donors (Lipinski definition) is 0. The Hall–Kier alpha value is -5.46. The molecule has 0 heterocycles. The third-order valence-electron chi connectivity index (χ3n) is 8.42. The molecule has 196 valence electrons. The molecule has 0 N–H and O–H groups in total. The van der Waals surface area contributed by atoms with E-state index in [-0.39, 0.29) is 0 Å². The SMILES string of the molecule is c1ccc(C(=C(c2c3ccccc3cc3ccccc23)c2c3ccccc3cc3ccccc23)c2ccccc2)cc1. The molecule has 0 aliphatic carbocycles. The molecule has 42 heavy (non-hydrogen) atoms. The first-order valence-electron chi connectivity index (χ1n) is 14.5. The minimum atomic E-state index is 1.20. The molecule has 0 amide bonds. The van der Waals surface area contributed by atoms with Crippen molar-refractivity contribution in [3.8, 4) is 0 Å². The molecule has 0 unspecified atom stereocenters. The molecule has 0 bridgehead atoms. The maximum absolute atomic E-state index is 2.33. The van der Waals surface area contributed by atoms with Gasteiger partial charge in [-0.2, -0.15) is 0 Å². The second kappa shape index (κ2) is 10.2. The highest BCUT2D eigenvalue weighted by Gasteiger charge is 2.23. The van der Waals surface area contributed by atoms with Crippen LogP contribution in [0.25, 0.3) is 54.2 Å². The van der Waals surface area contributed by atoms with Crippen LogP contribution in [-0.2, 0) is 0 Å². The zero-order valence-electron chi connectivity index (χ0n) is 23.2. The lowest BCUT2D eigenvalue weighted by atomic mass is 9.79. The van der Waals surface area contributed by atoms with E-state index in [0.717, 1.165) is 0 Å². The van der Waals surface area contributed by atoms with Crippen molar-refractivity contribution in [2.75, 3.05) is 0 Å². The zero-order valence-corrected chi connectivity index (χ0v) is 23.2. The average Bonchev–Trinajstić information content (AvgIpc) is 3.06. The van der Waals surface area contributed by atoms with Gasteiger partial charge >= 0.3 is 0 Å². The molecule has 0 aliphatic rings. The highest BCUT2D eigenvalue weighted by atomic mass is 14.3. The van der Waals surface area contributed by atoms with E-state index in [1.165, 1.54) is 76.5 Å². The van der Waals surface area contributed by atoms with Gasteiger partial charge in [-0.15, -0.1) is 0 Å². The smallest absolute Gasteiger partial charge is 0.000184 e. The Kier molecular flexibility index (Phi) is 5.90. The molecule has 0 aromatic heterocycles. The van der Waals surface area contributed by atoms with Crippen LogP contribution in [0.3, 0.4) is 0 Å². The standard InChI is InChI=1S/C42H28/c1-3-15-29(16-4-1)39(30-17-5-2-6-18-30)42(40-35-23-11-7-19-31(35)27-32-20-8-12-24-36(32)40)41-37-25-13-9-21-33(37)28-34-22-10-14-26-38(34)41/h1-28H. The lowest BCUT2D eigenvalue weighted by molar-refractivity contribution is 1.54. The first kappa shape index (κ1) is 24.3.